The smallest absolute Gasteiger partial charge is 0.222 e. The van der Waals surface area contributed by atoms with Crippen molar-refractivity contribution >= 4 is 11.6 Å². The molecule has 3 nitrogen and oxygen atoms in total. The molecule has 0 bridgehead atoms. The molecule has 0 spiro atoms. The maximum Gasteiger partial charge on any atom is 0.222 e. The molecule has 0 aliphatic rings. The first-order chi connectivity index (χ1) is 6.34. The molecule has 78 valence electrons. The Morgan fingerprint density at radius 2 is 1.50 bits per heavy atom. The van der Waals surface area contributed by atoms with Crippen molar-refractivity contribution in [1.82, 2.24) is 0 Å². The first-order valence-electron chi connectivity index (χ1n) is 4.44. The molecule has 0 atom stereocenters. The van der Waals surface area contributed by atoms with Crippen LogP contribution in [0.2, 0.25) is 0 Å². The normalized spacial score (nSPS) is 9.93. The molecule has 14 heavy (non-hydrogen) atoms. The van der Waals surface area contributed by atoms with E-state index in [4.69, 9.17) is 11.5 Å². The number of nitrogen functional groups attached to an aromatic ring is 1. The van der Waals surface area contributed by atoms with Crippen molar-refractivity contribution in [3.05, 3.63) is 30.3 Å². The Labute approximate surface area is 85.1 Å². The number of nitrogens with two attached hydrogens (primary N) is 2. The highest BCUT2D eigenvalue weighted by atomic mass is 16.1. The van der Waals surface area contributed by atoms with E-state index >= 15 is 0 Å². The van der Waals surface area contributed by atoms with E-state index in [0.29, 0.717) is 0 Å². The van der Waals surface area contributed by atoms with Crippen molar-refractivity contribution in [3.8, 4) is 0 Å². The van der Waals surface area contributed by atoms with E-state index in [-0.39, 0.29) is 11.3 Å². The molecule has 0 aromatic heterocycles. The number of hydrogen-bond acceptors (Lipinski definition) is 2. The predicted octanol–water partition coefficient (Wildman–Crippen LogP) is 1.79. The second kappa shape index (κ2) is 5.27. The number of amides is 1. The van der Waals surface area contributed by atoms with Gasteiger partial charge in [0.25, 0.3) is 0 Å². The van der Waals surface area contributed by atoms with Gasteiger partial charge in [-0.15, -0.1) is 0 Å². The number of carbonyl (C=O) groups excluding carboxylic acids is 1. The van der Waals surface area contributed by atoms with Crippen LogP contribution in [-0.4, -0.2) is 5.91 Å². The third-order valence-electron chi connectivity index (χ3n) is 1.54. The lowest BCUT2D eigenvalue weighted by molar-refractivity contribution is -0.125. The van der Waals surface area contributed by atoms with Crippen molar-refractivity contribution in [2.24, 2.45) is 11.1 Å². The Morgan fingerprint density at radius 1 is 1.14 bits per heavy atom. The SMILES string of the molecule is CC(C)(C)C(N)=O.Nc1ccccc1. The van der Waals surface area contributed by atoms with Crippen molar-refractivity contribution < 1.29 is 4.79 Å². The number of anilines is 1. The van der Waals surface area contributed by atoms with E-state index in [1.807, 2.05) is 30.3 Å². The summed E-state index contributed by atoms with van der Waals surface area (Å²) in [5, 5.41) is 0. The molecular weight excluding hydrogens is 176 g/mol. The van der Waals surface area contributed by atoms with Crippen molar-refractivity contribution in [3.63, 3.8) is 0 Å². The second-order valence-corrected chi connectivity index (χ2v) is 4.02. The Kier molecular flexibility index (Phi) is 4.70. The third kappa shape index (κ3) is 6.06. The molecule has 0 fully saturated rings. The minimum atomic E-state index is -0.361. The molecule has 1 aromatic rings. The highest BCUT2D eigenvalue weighted by Crippen LogP contribution is 2.09. The van der Waals surface area contributed by atoms with Gasteiger partial charge in [0.15, 0.2) is 0 Å². The van der Waals surface area contributed by atoms with Gasteiger partial charge in [-0.3, -0.25) is 4.79 Å². The number of rotatable bonds is 0. The average Bonchev–Trinajstić information content (AvgIpc) is 2.04. The summed E-state index contributed by atoms with van der Waals surface area (Å²) in [5.41, 5.74) is 10.7. The monoisotopic (exact) mass is 194 g/mol. The Morgan fingerprint density at radius 3 is 1.64 bits per heavy atom. The number of primary amides is 1. The molecule has 0 aliphatic carbocycles. The van der Waals surface area contributed by atoms with Crippen molar-refractivity contribution in [2.75, 3.05) is 5.73 Å². The summed E-state index contributed by atoms with van der Waals surface area (Å²) in [6, 6.07) is 9.49. The molecular formula is C11H18N2O. The van der Waals surface area contributed by atoms with E-state index in [1.54, 1.807) is 20.8 Å². The summed E-state index contributed by atoms with van der Waals surface area (Å²) in [5.74, 6) is -0.257. The molecule has 0 radical (unpaired) electrons. The zero-order chi connectivity index (χ0) is 11.2. The fourth-order valence-corrected chi connectivity index (χ4v) is 0.453. The summed E-state index contributed by atoms with van der Waals surface area (Å²) >= 11 is 0. The molecule has 1 amide bonds. The summed E-state index contributed by atoms with van der Waals surface area (Å²) in [4.78, 5) is 10.2. The first-order valence-corrected chi connectivity index (χ1v) is 4.44. The van der Waals surface area contributed by atoms with Crippen LogP contribution in [0.3, 0.4) is 0 Å². The van der Waals surface area contributed by atoms with Crippen LogP contribution < -0.4 is 11.5 Å². The lowest BCUT2D eigenvalue weighted by Crippen LogP contribution is -2.27. The van der Waals surface area contributed by atoms with Gasteiger partial charge in [0, 0.05) is 11.1 Å². The fourth-order valence-electron chi connectivity index (χ4n) is 0.453. The number of benzene rings is 1. The van der Waals surface area contributed by atoms with E-state index in [9.17, 15) is 4.79 Å². The Bertz CT molecular complexity index is 275. The van der Waals surface area contributed by atoms with Crippen LogP contribution in [0.1, 0.15) is 20.8 Å². The molecule has 0 aliphatic heterocycles. The quantitative estimate of drug-likeness (QED) is 0.618. The van der Waals surface area contributed by atoms with Crippen LogP contribution >= 0.6 is 0 Å². The molecule has 1 rings (SSSR count). The summed E-state index contributed by atoms with van der Waals surface area (Å²) < 4.78 is 0. The predicted molar refractivity (Wildman–Crippen MR) is 59.5 cm³/mol. The van der Waals surface area contributed by atoms with Crippen LogP contribution in [0.15, 0.2) is 30.3 Å². The maximum atomic E-state index is 10.2. The zero-order valence-corrected chi connectivity index (χ0v) is 8.95. The van der Waals surface area contributed by atoms with E-state index in [0.717, 1.165) is 5.69 Å². The molecule has 0 saturated heterocycles. The summed E-state index contributed by atoms with van der Waals surface area (Å²) in [7, 11) is 0. The topological polar surface area (TPSA) is 69.1 Å². The number of hydrogen-bond donors (Lipinski definition) is 2. The van der Waals surface area contributed by atoms with E-state index < -0.39 is 0 Å². The molecule has 0 unspecified atom stereocenters. The fraction of sp³-hybridized carbons (Fsp3) is 0.364. The van der Waals surface area contributed by atoms with Crippen LogP contribution in [-0.2, 0) is 4.79 Å². The van der Waals surface area contributed by atoms with Crippen molar-refractivity contribution in [1.29, 1.82) is 0 Å². The highest BCUT2D eigenvalue weighted by Gasteiger charge is 2.16. The zero-order valence-electron chi connectivity index (χ0n) is 8.95. The van der Waals surface area contributed by atoms with Gasteiger partial charge in [-0.25, -0.2) is 0 Å². The largest absolute Gasteiger partial charge is 0.399 e. The standard InChI is InChI=1S/C6H7N.C5H11NO/c7-6-4-2-1-3-5-6;1-5(2,3)4(6)7/h1-5H,7H2;1-3H3,(H2,6,7). The molecule has 3 heteroatoms. The minimum Gasteiger partial charge on any atom is -0.399 e. The minimum absolute atomic E-state index is 0.257. The lowest BCUT2D eigenvalue weighted by Gasteiger charge is -2.10. The Balaban J connectivity index is 0.000000241. The van der Waals surface area contributed by atoms with Crippen LogP contribution in [0.4, 0.5) is 5.69 Å². The lowest BCUT2D eigenvalue weighted by atomic mass is 9.96. The third-order valence-corrected chi connectivity index (χ3v) is 1.54. The van der Waals surface area contributed by atoms with Crippen LogP contribution in [0.5, 0.6) is 0 Å². The van der Waals surface area contributed by atoms with Gasteiger partial charge in [0.05, 0.1) is 0 Å². The molecule has 1 aromatic carbocycles. The van der Waals surface area contributed by atoms with Gasteiger partial charge in [0.1, 0.15) is 0 Å². The van der Waals surface area contributed by atoms with Gasteiger partial charge < -0.3 is 11.5 Å². The average molecular weight is 194 g/mol. The summed E-state index contributed by atoms with van der Waals surface area (Å²) in [6.07, 6.45) is 0. The van der Waals surface area contributed by atoms with Gasteiger partial charge in [0.2, 0.25) is 5.91 Å². The van der Waals surface area contributed by atoms with E-state index in [2.05, 4.69) is 0 Å². The Hall–Kier alpha value is -1.51. The van der Waals surface area contributed by atoms with Gasteiger partial charge in [-0.2, -0.15) is 0 Å². The van der Waals surface area contributed by atoms with Crippen LogP contribution in [0, 0.1) is 5.41 Å². The number of carbonyl (C=O) groups is 1. The molecule has 4 N–H and O–H groups in total. The molecule has 0 saturated carbocycles. The van der Waals surface area contributed by atoms with Crippen LogP contribution in [0.25, 0.3) is 0 Å². The van der Waals surface area contributed by atoms with Crippen molar-refractivity contribution in [2.45, 2.75) is 20.8 Å². The van der Waals surface area contributed by atoms with Gasteiger partial charge in [-0.05, 0) is 12.1 Å². The maximum absolute atomic E-state index is 10.2. The van der Waals surface area contributed by atoms with Gasteiger partial charge >= 0.3 is 0 Å². The van der Waals surface area contributed by atoms with E-state index in [1.165, 1.54) is 0 Å². The first kappa shape index (κ1) is 12.5. The summed E-state index contributed by atoms with van der Waals surface area (Å²) in [6.45, 7) is 5.36. The van der Waals surface area contributed by atoms with Gasteiger partial charge in [-0.1, -0.05) is 39.0 Å². The molecule has 0 heterocycles. The second-order valence-electron chi connectivity index (χ2n) is 4.02. The highest BCUT2D eigenvalue weighted by molar-refractivity contribution is 5.79. The number of para-hydroxylation sites is 1.